The zero-order valence-electron chi connectivity index (χ0n) is 15.2. The number of nitrogens with one attached hydrogen (secondary N) is 1. The second kappa shape index (κ2) is 7.71. The molecule has 2 aromatic heterocycles. The molecule has 2 heterocycles. The van der Waals surface area contributed by atoms with Crippen LogP contribution in [0.25, 0.3) is 0 Å². The van der Waals surface area contributed by atoms with Crippen LogP contribution in [0.2, 0.25) is 0 Å². The van der Waals surface area contributed by atoms with Gasteiger partial charge in [-0.15, -0.1) is 10.2 Å². The number of nitrogens with zero attached hydrogens (tertiary/aromatic N) is 6. The first-order valence-electron chi connectivity index (χ1n) is 8.16. The van der Waals surface area contributed by atoms with E-state index < -0.39 is 0 Å². The van der Waals surface area contributed by atoms with Gasteiger partial charge in [-0.3, -0.25) is 19.7 Å². The lowest BCUT2D eigenvalue weighted by atomic mass is 10.1. The molecule has 0 radical (unpaired) electrons. The highest BCUT2D eigenvalue weighted by Crippen LogP contribution is 2.14. The summed E-state index contributed by atoms with van der Waals surface area (Å²) in [6, 6.07) is 7.54. The second-order valence-corrected chi connectivity index (χ2v) is 7.05. The van der Waals surface area contributed by atoms with E-state index in [1.54, 1.807) is 11.7 Å². The van der Waals surface area contributed by atoms with Gasteiger partial charge in [0.05, 0.1) is 10.6 Å². The van der Waals surface area contributed by atoms with Crippen molar-refractivity contribution in [3.05, 3.63) is 51.8 Å². The molecule has 1 aromatic carbocycles. The molecule has 0 atom stereocenters. The van der Waals surface area contributed by atoms with Crippen LogP contribution < -0.4 is 5.32 Å². The standard InChI is InChI=1S/C17H21N7OS/c1-11-15(26-22-20-11)10-23(3)9-13-5-7-14(8-6-13)16(25)19-17-18-12(2)24(4)21-17/h5-8H,9-10H2,1-4H3,(H,19,21,25). The molecule has 3 aromatic rings. The Morgan fingerprint density at radius 3 is 2.54 bits per heavy atom. The fraction of sp³-hybridized carbons (Fsp3) is 0.353. The number of hydrogen-bond acceptors (Lipinski definition) is 7. The third-order valence-corrected chi connectivity index (χ3v) is 4.84. The van der Waals surface area contributed by atoms with Gasteiger partial charge in [-0.05, 0) is 50.1 Å². The highest BCUT2D eigenvalue weighted by Gasteiger charge is 2.11. The maximum absolute atomic E-state index is 12.3. The molecule has 0 aliphatic carbocycles. The fourth-order valence-corrected chi connectivity index (χ4v) is 3.17. The summed E-state index contributed by atoms with van der Waals surface area (Å²) >= 11 is 1.43. The van der Waals surface area contributed by atoms with Gasteiger partial charge in [-0.25, -0.2) is 0 Å². The van der Waals surface area contributed by atoms with Crippen molar-refractivity contribution in [3.8, 4) is 0 Å². The number of aryl methyl sites for hydroxylation is 3. The quantitative estimate of drug-likeness (QED) is 0.714. The van der Waals surface area contributed by atoms with E-state index in [2.05, 4.69) is 36.9 Å². The van der Waals surface area contributed by atoms with Crippen molar-refractivity contribution >= 4 is 23.4 Å². The zero-order chi connectivity index (χ0) is 18.7. The number of hydrogen-bond donors (Lipinski definition) is 1. The summed E-state index contributed by atoms with van der Waals surface area (Å²) in [7, 11) is 3.84. The van der Waals surface area contributed by atoms with Gasteiger partial charge in [0.2, 0.25) is 5.95 Å². The van der Waals surface area contributed by atoms with Crippen LogP contribution in [-0.2, 0) is 20.1 Å². The third kappa shape index (κ3) is 4.30. The van der Waals surface area contributed by atoms with Gasteiger partial charge in [-0.2, -0.15) is 4.98 Å². The molecule has 0 saturated carbocycles. The summed E-state index contributed by atoms with van der Waals surface area (Å²) in [6.45, 7) is 5.38. The number of anilines is 1. The molecule has 0 bridgehead atoms. The van der Waals surface area contributed by atoms with Crippen LogP contribution in [-0.4, -0.2) is 42.2 Å². The molecule has 26 heavy (non-hydrogen) atoms. The first-order valence-corrected chi connectivity index (χ1v) is 8.94. The molecular weight excluding hydrogens is 350 g/mol. The van der Waals surface area contributed by atoms with Crippen LogP contribution in [0, 0.1) is 13.8 Å². The molecule has 9 heteroatoms. The Morgan fingerprint density at radius 1 is 1.23 bits per heavy atom. The highest BCUT2D eigenvalue weighted by molar-refractivity contribution is 7.05. The molecule has 0 spiro atoms. The molecular formula is C17H21N7OS. The van der Waals surface area contributed by atoms with Crippen molar-refractivity contribution in [2.45, 2.75) is 26.9 Å². The normalized spacial score (nSPS) is 11.1. The summed E-state index contributed by atoms with van der Waals surface area (Å²) in [5.74, 6) is 0.833. The molecule has 0 fully saturated rings. The minimum Gasteiger partial charge on any atom is -0.297 e. The smallest absolute Gasteiger partial charge is 0.258 e. The van der Waals surface area contributed by atoms with Crippen molar-refractivity contribution in [1.29, 1.82) is 0 Å². The maximum atomic E-state index is 12.3. The summed E-state index contributed by atoms with van der Waals surface area (Å²) in [6.07, 6.45) is 0. The van der Waals surface area contributed by atoms with Gasteiger partial charge in [0, 0.05) is 25.7 Å². The maximum Gasteiger partial charge on any atom is 0.258 e. The molecule has 0 unspecified atom stereocenters. The monoisotopic (exact) mass is 371 g/mol. The summed E-state index contributed by atoms with van der Waals surface area (Å²) in [5, 5.41) is 10.9. The van der Waals surface area contributed by atoms with E-state index in [1.165, 1.54) is 16.4 Å². The van der Waals surface area contributed by atoms with Crippen LogP contribution in [0.15, 0.2) is 24.3 Å². The van der Waals surface area contributed by atoms with Gasteiger partial charge in [0.25, 0.3) is 5.91 Å². The molecule has 3 rings (SSSR count). The van der Waals surface area contributed by atoms with E-state index in [0.29, 0.717) is 11.5 Å². The van der Waals surface area contributed by atoms with Gasteiger partial charge < -0.3 is 0 Å². The topological polar surface area (TPSA) is 88.8 Å². The lowest BCUT2D eigenvalue weighted by Gasteiger charge is -2.15. The van der Waals surface area contributed by atoms with Crippen LogP contribution in [0.5, 0.6) is 0 Å². The van der Waals surface area contributed by atoms with E-state index in [4.69, 9.17) is 0 Å². The lowest BCUT2D eigenvalue weighted by Crippen LogP contribution is -2.17. The summed E-state index contributed by atoms with van der Waals surface area (Å²) < 4.78 is 5.58. The Labute approximate surface area is 156 Å². The van der Waals surface area contributed by atoms with Crippen LogP contribution in [0.3, 0.4) is 0 Å². The molecule has 8 nitrogen and oxygen atoms in total. The Kier molecular flexibility index (Phi) is 5.38. The molecule has 0 aliphatic rings. The highest BCUT2D eigenvalue weighted by atomic mass is 32.1. The van der Waals surface area contributed by atoms with Crippen molar-refractivity contribution in [2.75, 3.05) is 12.4 Å². The van der Waals surface area contributed by atoms with E-state index in [-0.39, 0.29) is 5.91 Å². The number of aromatic nitrogens is 5. The van der Waals surface area contributed by atoms with E-state index in [1.807, 2.05) is 38.1 Å². The van der Waals surface area contributed by atoms with Crippen molar-refractivity contribution < 1.29 is 4.79 Å². The van der Waals surface area contributed by atoms with Gasteiger partial charge in [0.1, 0.15) is 5.82 Å². The largest absolute Gasteiger partial charge is 0.297 e. The predicted molar refractivity (Wildman–Crippen MR) is 100.0 cm³/mol. The second-order valence-electron chi connectivity index (χ2n) is 6.21. The lowest BCUT2D eigenvalue weighted by molar-refractivity contribution is 0.102. The molecule has 1 amide bonds. The predicted octanol–water partition coefficient (Wildman–Crippen LogP) is 2.17. The minimum atomic E-state index is -0.220. The Morgan fingerprint density at radius 2 is 1.96 bits per heavy atom. The van der Waals surface area contributed by atoms with Gasteiger partial charge in [-0.1, -0.05) is 16.6 Å². The average Bonchev–Trinajstić information content (AvgIpc) is 3.13. The number of benzene rings is 1. The number of amides is 1. The van der Waals surface area contributed by atoms with Crippen LogP contribution in [0.4, 0.5) is 5.95 Å². The summed E-state index contributed by atoms with van der Waals surface area (Å²) in [5.41, 5.74) is 2.68. The Bertz CT molecular complexity index is 881. The number of rotatable bonds is 6. The van der Waals surface area contributed by atoms with Gasteiger partial charge >= 0.3 is 0 Å². The van der Waals surface area contributed by atoms with E-state index in [9.17, 15) is 4.79 Å². The SMILES string of the molecule is Cc1nnsc1CN(C)Cc1ccc(C(=O)Nc2nc(C)n(C)n2)cc1. The van der Waals surface area contributed by atoms with Crippen molar-refractivity contribution in [2.24, 2.45) is 7.05 Å². The zero-order valence-corrected chi connectivity index (χ0v) is 16.0. The Hall–Kier alpha value is -2.65. The van der Waals surface area contributed by atoms with Crippen LogP contribution in [0.1, 0.15) is 32.3 Å². The Balaban J connectivity index is 1.59. The number of carbonyl (C=O) groups is 1. The minimum absolute atomic E-state index is 0.220. The van der Waals surface area contributed by atoms with E-state index >= 15 is 0 Å². The van der Waals surface area contributed by atoms with Crippen molar-refractivity contribution in [1.82, 2.24) is 29.3 Å². The fourth-order valence-electron chi connectivity index (χ4n) is 2.46. The van der Waals surface area contributed by atoms with E-state index in [0.717, 1.165) is 30.2 Å². The molecule has 136 valence electrons. The van der Waals surface area contributed by atoms with Gasteiger partial charge in [0.15, 0.2) is 0 Å². The molecule has 0 saturated heterocycles. The van der Waals surface area contributed by atoms with Crippen LogP contribution >= 0.6 is 11.5 Å². The molecule has 1 N–H and O–H groups in total. The van der Waals surface area contributed by atoms with Crippen molar-refractivity contribution in [3.63, 3.8) is 0 Å². The third-order valence-electron chi connectivity index (χ3n) is 4.03. The first-order chi connectivity index (χ1) is 12.4. The average molecular weight is 371 g/mol. The number of carbonyl (C=O) groups excluding carboxylic acids is 1. The first kappa shape index (κ1) is 18.2. The molecule has 0 aliphatic heterocycles. The summed E-state index contributed by atoms with van der Waals surface area (Å²) in [4.78, 5) is 19.8.